The van der Waals surface area contributed by atoms with E-state index in [-0.39, 0.29) is 17.8 Å². The maximum absolute atomic E-state index is 12.5. The van der Waals surface area contributed by atoms with Crippen LogP contribution in [0.15, 0.2) is 53.3 Å². The summed E-state index contributed by atoms with van der Waals surface area (Å²) < 4.78 is 9.35. The lowest BCUT2D eigenvalue weighted by Gasteiger charge is -2.33. The summed E-state index contributed by atoms with van der Waals surface area (Å²) in [5, 5.41) is 10.4. The quantitative estimate of drug-likeness (QED) is 0.709. The number of aryl methyl sites for hydroxylation is 1. The van der Waals surface area contributed by atoms with E-state index in [0.717, 1.165) is 49.2 Å². The van der Waals surface area contributed by atoms with Crippen molar-refractivity contribution >= 4 is 0 Å². The van der Waals surface area contributed by atoms with Crippen molar-refractivity contribution in [3.8, 4) is 11.6 Å². The van der Waals surface area contributed by atoms with Gasteiger partial charge in [0, 0.05) is 19.5 Å². The standard InChI is InChI=1S/C24H27N3O3/c1-25(22-13-12-19-5-2-3-7-21(19)30-22)15-17-8-10-18(11-9-17)16-27-23(28)20-6-4-14-26(20)24(27)29/h2-3,5,7-11,22,28H,4,6,12-16H2,1H3. The third-order valence-corrected chi connectivity index (χ3v) is 6.28. The Morgan fingerprint density at radius 1 is 1.10 bits per heavy atom. The van der Waals surface area contributed by atoms with Crippen LogP contribution < -0.4 is 10.4 Å². The van der Waals surface area contributed by atoms with Crippen LogP contribution in [0, 0.1) is 0 Å². The average molecular weight is 405 g/mol. The molecule has 0 saturated heterocycles. The molecule has 0 bridgehead atoms. The van der Waals surface area contributed by atoms with E-state index in [9.17, 15) is 9.90 Å². The Morgan fingerprint density at radius 2 is 1.87 bits per heavy atom. The Hall–Kier alpha value is -2.99. The molecule has 1 N–H and O–H groups in total. The van der Waals surface area contributed by atoms with E-state index in [1.165, 1.54) is 15.7 Å². The summed E-state index contributed by atoms with van der Waals surface area (Å²) in [4.78, 5) is 14.7. The van der Waals surface area contributed by atoms with E-state index < -0.39 is 0 Å². The van der Waals surface area contributed by atoms with Gasteiger partial charge < -0.3 is 9.84 Å². The molecule has 1 aromatic heterocycles. The van der Waals surface area contributed by atoms with E-state index in [0.29, 0.717) is 13.1 Å². The number of rotatable bonds is 5. The molecule has 0 saturated carbocycles. The van der Waals surface area contributed by atoms with Gasteiger partial charge >= 0.3 is 5.69 Å². The first-order chi connectivity index (χ1) is 14.6. The van der Waals surface area contributed by atoms with Crippen molar-refractivity contribution in [2.75, 3.05) is 7.05 Å². The minimum Gasteiger partial charge on any atom is -0.493 e. The number of hydrogen-bond acceptors (Lipinski definition) is 4. The van der Waals surface area contributed by atoms with E-state index in [1.807, 2.05) is 24.3 Å². The van der Waals surface area contributed by atoms with E-state index in [1.54, 1.807) is 4.57 Å². The van der Waals surface area contributed by atoms with Crippen LogP contribution in [-0.4, -0.2) is 32.4 Å². The predicted octanol–water partition coefficient (Wildman–Crippen LogP) is 3.13. The molecular weight excluding hydrogens is 378 g/mol. The molecule has 2 aliphatic heterocycles. The molecule has 30 heavy (non-hydrogen) atoms. The van der Waals surface area contributed by atoms with Crippen LogP contribution in [0.2, 0.25) is 0 Å². The fourth-order valence-electron chi connectivity index (χ4n) is 4.60. The number of para-hydroxylation sites is 1. The van der Waals surface area contributed by atoms with Crippen LogP contribution in [0.25, 0.3) is 0 Å². The second kappa shape index (κ2) is 7.69. The van der Waals surface area contributed by atoms with Crippen molar-refractivity contribution in [3.63, 3.8) is 0 Å². The zero-order valence-electron chi connectivity index (χ0n) is 17.3. The average Bonchev–Trinajstić information content (AvgIpc) is 3.34. The molecule has 156 valence electrons. The smallest absolute Gasteiger partial charge is 0.331 e. The van der Waals surface area contributed by atoms with Crippen molar-refractivity contribution in [2.45, 2.75) is 51.5 Å². The Morgan fingerprint density at radius 3 is 2.67 bits per heavy atom. The Balaban J connectivity index is 1.24. The number of nitrogens with zero attached hydrogens (tertiary/aromatic N) is 3. The van der Waals surface area contributed by atoms with Gasteiger partial charge in [-0.25, -0.2) is 4.79 Å². The fourth-order valence-corrected chi connectivity index (χ4v) is 4.60. The van der Waals surface area contributed by atoms with Crippen LogP contribution in [0.3, 0.4) is 0 Å². The minimum atomic E-state index is -0.112. The number of imidazole rings is 1. The van der Waals surface area contributed by atoms with E-state index >= 15 is 0 Å². The molecule has 6 heteroatoms. The normalized spacial score (nSPS) is 17.6. The zero-order chi connectivity index (χ0) is 20.7. The topological polar surface area (TPSA) is 59.6 Å². The van der Waals surface area contributed by atoms with Crippen LogP contribution >= 0.6 is 0 Å². The molecule has 1 unspecified atom stereocenters. The van der Waals surface area contributed by atoms with Crippen molar-refractivity contribution in [1.82, 2.24) is 14.0 Å². The SMILES string of the molecule is CN(Cc1ccc(Cn2c(O)c3n(c2=O)CCC3)cc1)C1CCc2ccccc2O1. The van der Waals surface area contributed by atoms with Gasteiger partial charge in [0.25, 0.3) is 0 Å². The maximum atomic E-state index is 12.5. The number of fused-ring (bicyclic) bond motifs is 2. The van der Waals surface area contributed by atoms with Gasteiger partial charge in [-0.1, -0.05) is 42.5 Å². The summed E-state index contributed by atoms with van der Waals surface area (Å²) in [6, 6.07) is 16.5. The lowest BCUT2D eigenvalue weighted by molar-refractivity contribution is 0.0226. The first kappa shape index (κ1) is 19.0. The van der Waals surface area contributed by atoms with E-state index in [2.05, 4.69) is 36.2 Å². The van der Waals surface area contributed by atoms with E-state index in [4.69, 9.17) is 4.74 Å². The second-order valence-corrected chi connectivity index (χ2v) is 8.34. The molecule has 5 rings (SSSR count). The van der Waals surface area contributed by atoms with Gasteiger partial charge in [0.2, 0.25) is 5.88 Å². The van der Waals surface area contributed by atoms with Crippen molar-refractivity contribution in [2.24, 2.45) is 0 Å². The highest BCUT2D eigenvalue weighted by Crippen LogP contribution is 2.28. The molecular formula is C24H27N3O3. The van der Waals surface area contributed by atoms with Gasteiger partial charge in [0.15, 0.2) is 6.23 Å². The van der Waals surface area contributed by atoms with Gasteiger partial charge in [0.05, 0.1) is 12.2 Å². The molecule has 6 nitrogen and oxygen atoms in total. The maximum Gasteiger partial charge on any atom is 0.331 e. The summed E-state index contributed by atoms with van der Waals surface area (Å²) in [6.07, 6.45) is 3.78. The number of benzene rings is 2. The minimum absolute atomic E-state index is 0.0684. The molecule has 2 aliphatic rings. The summed E-state index contributed by atoms with van der Waals surface area (Å²) in [7, 11) is 2.09. The Labute approximate surface area is 175 Å². The molecule has 0 fully saturated rings. The largest absolute Gasteiger partial charge is 0.493 e. The number of hydrogen-bond donors (Lipinski definition) is 1. The number of aromatic hydroxyl groups is 1. The highest BCUT2D eigenvalue weighted by Gasteiger charge is 2.24. The van der Waals surface area contributed by atoms with Crippen molar-refractivity contribution in [3.05, 3.63) is 81.4 Å². The molecule has 3 aromatic rings. The first-order valence-corrected chi connectivity index (χ1v) is 10.6. The van der Waals surface area contributed by atoms with Gasteiger partial charge in [-0.3, -0.25) is 14.0 Å². The Bertz CT molecular complexity index is 1110. The van der Waals surface area contributed by atoms with Gasteiger partial charge in [-0.15, -0.1) is 0 Å². The second-order valence-electron chi connectivity index (χ2n) is 8.34. The highest BCUT2D eigenvalue weighted by atomic mass is 16.5. The fraction of sp³-hybridized carbons (Fsp3) is 0.375. The van der Waals surface area contributed by atoms with Crippen molar-refractivity contribution < 1.29 is 9.84 Å². The molecule has 0 amide bonds. The third-order valence-electron chi connectivity index (χ3n) is 6.28. The molecule has 0 radical (unpaired) electrons. The summed E-state index contributed by atoms with van der Waals surface area (Å²) in [5.74, 6) is 1.11. The zero-order valence-corrected chi connectivity index (χ0v) is 17.3. The number of aromatic nitrogens is 2. The molecule has 1 atom stereocenters. The van der Waals surface area contributed by atoms with Gasteiger partial charge in [-0.05, 0) is 49.1 Å². The van der Waals surface area contributed by atoms with Gasteiger partial charge in [-0.2, -0.15) is 0 Å². The molecule has 0 spiro atoms. The third kappa shape index (κ3) is 3.41. The van der Waals surface area contributed by atoms with Crippen molar-refractivity contribution in [1.29, 1.82) is 0 Å². The van der Waals surface area contributed by atoms with Crippen LogP contribution in [0.5, 0.6) is 11.6 Å². The van der Waals surface area contributed by atoms with Crippen LogP contribution in [0.4, 0.5) is 0 Å². The lowest BCUT2D eigenvalue weighted by atomic mass is 10.0. The monoisotopic (exact) mass is 405 g/mol. The van der Waals surface area contributed by atoms with Gasteiger partial charge in [0.1, 0.15) is 5.75 Å². The molecule has 0 aliphatic carbocycles. The Kier molecular flexibility index (Phi) is 4.87. The van der Waals surface area contributed by atoms with Crippen LogP contribution in [0.1, 0.15) is 35.2 Å². The van der Waals surface area contributed by atoms with Crippen LogP contribution in [-0.2, 0) is 32.5 Å². The first-order valence-electron chi connectivity index (χ1n) is 10.6. The highest BCUT2D eigenvalue weighted by molar-refractivity contribution is 5.35. The molecule has 2 aromatic carbocycles. The summed E-state index contributed by atoms with van der Waals surface area (Å²) in [6.45, 7) is 1.88. The number of ether oxygens (including phenoxy) is 1. The lowest BCUT2D eigenvalue weighted by Crippen LogP contribution is -2.38. The molecule has 3 heterocycles. The summed E-state index contributed by atoms with van der Waals surface area (Å²) >= 11 is 0. The predicted molar refractivity (Wildman–Crippen MR) is 115 cm³/mol. The summed E-state index contributed by atoms with van der Waals surface area (Å²) in [5.41, 5.74) is 4.14.